The smallest absolute Gasteiger partial charge is 0.0745 e. The van der Waals surface area contributed by atoms with Crippen molar-refractivity contribution in [3.05, 3.63) is 30.5 Å². The SMILES string of the molecule is CN(C)CCCN(C)c1c(N)cnc2ccccc12. The Morgan fingerprint density at radius 1 is 1.11 bits per heavy atom. The van der Waals surface area contributed by atoms with Gasteiger partial charge in [0.15, 0.2) is 0 Å². The number of hydrogen-bond acceptors (Lipinski definition) is 4. The lowest BCUT2D eigenvalue weighted by atomic mass is 10.1. The van der Waals surface area contributed by atoms with Gasteiger partial charge in [0.2, 0.25) is 0 Å². The summed E-state index contributed by atoms with van der Waals surface area (Å²) in [6.07, 6.45) is 2.86. The predicted molar refractivity (Wildman–Crippen MR) is 82.6 cm³/mol. The van der Waals surface area contributed by atoms with Crippen LogP contribution in [-0.2, 0) is 0 Å². The number of hydrogen-bond donors (Lipinski definition) is 1. The molecule has 0 bridgehead atoms. The van der Waals surface area contributed by atoms with Crippen LogP contribution in [0, 0.1) is 0 Å². The van der Waals surface area contributed by atoms with E-state index in [2.05, 4.69) is 42.0 Å². The minimum atomic E-state index is 0.742. The van der Waals surface area contributed by atoms with E-state index in [-0.39, 0.29) is 0 Å². The van der Waals surface area contributed by atoms with Crippen molar-refractivity contribution in [2.24, 2.45) is 0 Å². The average Bonchev–Trinajstić information content (AvgIpc) is 2.38. The number of nitrogens with two attached hydrogens (primary N) is 1. The van der Waals surface area contributed by atoms with Gasteiger partial charge in [0.25, 0.3) is 0 Å². The molecule has 1 heterocycles. The van der Waals surface area contributed by atoms with Gasteiger partial charge >= 0.3 is 0 Å². The molecule has 1 aromatic heterocycles. The molecule has 2 aromatic rings. The summed E-state index contributed by atoms with van der Waals surface area (Å²) in [6, 6.07) is 8.13. The highest BCUT2D eigenvalue weighted by molar-refractivity contribution is 5.97. The number of para-hydroxylation sites is 1. The van der Waals surface area contributed by atoms with Crippen LogP contribution >= 0.6 is 0 Å². The van der Waals surface area contributed by atoms with Gasteiger partial charge in [-0.15, -0.1) is 0 Å². The van der Waals surface area contributed by atoms with Crippen molar-refractivity contribution in [3.63, 3.8) is 0 Å². The molecular formula is C15H22N4. The third-order valence-corrected chi connectivity index (χ3v) is 3.26. The van der Waals surface area contributed by atoms with E-state index in [1.54, 1.807) is 6.20 Å². The van der Waals surface area contributed by atoms with Crippen LogP contribution in [0.25, 0.3) is 10.9 Å². The third kappa shape index (κ3) is 3.15. The molecular weight excluding hydrogens is 236 g/mol. The van der Waals surface area contributed by atoms with Crippen LogP contribution in [0.3, 0.4) is 0 Å². The molecule has 4 heteroatoms. The largest absolute Gasteiger partial charge is 0.396 e. The number of benzene rings is 1. The molecule has 2 N–H and O–H groups in total. The fourth-order valence-corrected chi connectivity index (χ4v) is 2.30. The van der Waals surface area contributed by atoms with E-state index < -0.39 is 0 Å². The summed E-state index contributed by atoms with van der Waals surface area (Å²) in [7, 11) is 6.28. The Hall–Kier alpha value is -1.81. The van der Waals surface area contributed by atoms with Gasteiger partial charge < -0.3 is 15.5 Å². The first kappa shape index (κ1) is 13.6. The maximum atomic E-state index is 6.10. The fourth-order valence-electron chi connectivity index (χ4n) is 2.30. The van der Waals surface area contributed by atoms with E-state index >= 15 is 0 Å². The second kappa shape index (κ2) is 5.89. The van der Waals surface area contributed by atoms with E-state index in [4.69, 9.17) is 5.73 Å². The Balaban J connectivity index is 2.25. The average molecular weight is 258 g/mol. The Labute approximate surface area is 114 Å². The molecule has 0 aliphatic heterocycles. The molecule has 0 fully saturated rings. The van der Waals surface area contributed by atoms with Crippen LogP contribution in [0.15, 0.2) is 30.5 Å². The van der Waals surface area contributed by atoms with Crippen molar-refractivity contribution < 1.29 is 0 Å². The topological polar surface area (TPSA) is 45.4 Å². The lowest BCUT2D eigenvalue weighted by molar-refractivity contribution is 0.402. The Kier molecular flexibility index (Phi) is 4.22. The maximum Gasteiger partial charge on any atom is 0.0745 e. The zero-order valence-electron chi connectivity index (χ0n) is 11.9. The van der Waals surface area contributed by atoms with E-state index in [1.165, 1.54) is 0 Å². The van der Waals surface area contributed by atoms with Crippen LogP contribution in [0.1, 0.15) is 6.42 Å². The first-order chi connectivity index (χ1) is 9.09. The van der Waals surface area contributed by atoms with Gasteiger partial charge in [-0.2, -0.15) is 0 Å². The number of rotatable bonds is 5. The highest BCUT2D eigenvalue weighted by Crippen LogP contribution is 2.30. The first-order valence-electron chi connectivity index (χ1n) is 6.58. The van der Waals surface area contributed by atoms with Crippen molar-refractivity contribution in [1.29, 1.82) is 0 Å². The van der Waals surface area contributed by atoms with Crippen LogP contribution in [0.2, 0.25) is 0 Å². The van der Waals surface area contributed by atoms with Crippen LogP contribution in [-0.4, -0.2) is 44.1 Å². The summed E-state index contributed by atoms with van der Waals surface area (Å²) in [5, 5.41) is 1.12. The van der Waals surface area contributed by atoms with Crippen molar-refractivity contribution in [2.45, 2.75) is 6.42 Å². The van der Waals surface area contributed by atoms with E-state index in [9.17, 15) is 0 Å². The molecule has 0 saturated carbocycles. The van der Waals surface area contributed by atoms with Gasteiger partial charge in [-0.25, -0.2) is 0 Å². The van der Waals surface area contributed by atoms with Crippen molar-refractivity contribution >= 4 is 22.3 Å². The molecule has 0 aliphatic rings. The summed E-state index contributed by atoms with van der Waals surface area (Å²) in [5.74, 6) is 0. The number of fused-ring (bicyclic) bond motifs is 1. The lowest BCUT2D eigenvalue weighted by Crippen LogP contribution is -2.24. The molecule has 4 nitrogen and oxygen atoms in total. The summed E-state index contributed by atoms with van der Waals surface area (Å²) in [6.45, 7) is 2.06. The molecule has 2 rings (SSSR count). The number of aromatic nitrogens is 1. The molecule has 1 aromatic carbocycles. The number of pyridine rings is 1. The molecule has 0 aliphatic carbocycles. The maximum absolute atomic E-state index is 6.10. The molecule has 0 saturated heterocycles. The number of anilines is 2. The lowest BCUT2D eigenvalue weighted by Gasteiger charge is -2.23. The highest BCUT2D eigenvalue weighted by atomic mass is 15.1. The van der Waals surface area contributed by atoms with Gasteiger partial charge in [-0.1, -0.05) is 18.2 Å². The highest BCUT2D eigenvalue weighted by Gasteiger charge is 2.10. The standard InChI is InChI=1S/C15H22N4/c1-18(2)9-6-10-19(3)15-12-7-4-5-8-14(12)17-11-13(15)16/h4-5,7-8,11H,6,9-10,16H2,1-3H3. The van der Waals surface area contributed by atoms with Gasteiger partial charge in [0, 0.05) is 19.0 Å². The third-order valence-electron chi connectivity index (χ3n) is 3.26. The predicted octanol–water partition coefficient (Wildman–Crippen LogP) is 2.20. The quantitative estimate of drug-likeness (QED) is 0.893. The number of nitrogen functional groups attached to an aromatic ring is 1. The van der Waals surface area contributed by atoms with E-state index in [0.717, 1.165) is 41.8 Å². The fraction of sp³-hybridized carbons (Fsp3) is 0.400. The molecule has 0 unspecified atom stereocenters. The van der Waals surface area contributed by atoms with Gasteiger partial charge in [0.1, 0.15) is 0 Å². The van der Waals surface area contributed by atoms with Crippen LogP contribution in [0.5, 0.6) is 0 Å². The monoisotopic (exact) mass is 258 g/mol. The normalized spacial score (nSPS) is 11.2. The molecule has 0 radical (unpaired) electrons. The molecule has 0 atom stereocenters. The summed E-state index contributed by atoms with van der Waals surface area (Å²) < 4.78 is 0. The van der Waals surface area contributed by atoms with Crippen molar-refractivity contribution in [3.8, 4) is 0 Å². The summed E-state index contributed by atoms with van der Waals surface area (Å²) >= 11 is 0. The Bertz CT molecular complexity index is 551. The van der Waals surface area contributed by atoms with Crippen molar-refractivity contribution in [1.82, 2.24) is 9.88 Å². The summed E-state index contributed by atoms with van der Waals surface area (Å²) in [5.41, 5.74) is 8.93. The zero-order chi connectivity index (χ0) is 13.8. The molecule has 0 spiro atoms. The molecule has 19 heavy (non-hydrogen) atoms. The minimum absolute atomic E-state index is 0.742. The molecule has 0 amide bonds. The Morgan fingerprint density at radius 2 is 1.84 bits per heavy atom. The second-order valence-corrected chi connectivity index (χ2v) is 5.16. The van der Waals surface area contributed by atoms with Gasteiger partial charge in [0.05, 0.1) is 23.1 Å². The minimum Gasteiger partial charge on any atom is -0.396 e. The zero-order valence-corrected chi connectivity index (χ0v) is 11.9. The second-order valence-electron chi connectivity index (χ2n) is 5.16. The van der Waals surface area contributed by atoms with Gasteiger partial charge in [-0.3, -0.25) is 4.98 Å². The number of nitrogens with zero attached hydrogens (tertiary/aromatic N) is 3. The van der Waals surface area contributed by atoms with E-state index in [0.29, 0.717) is 0 Å². The summed E-state index contributed by atoms with van der Waals surface area (Å²) in [4.78, 5) is 8.79. The van der Waals surface area contributed by atoms with Gasteiger partial charge in [-0.05, 0) is 33.1 Å². The first-order valence-corrected chi connectivity index (χ1v) is 6.58. The molecule has 102 valence electrons. The van der Waals surface area contributed by atoms with Crippen molar-refractivity contribution in [2.75, 3.05) is 44.9 Å². The Morgan fingerprint density at radius 3 is 2.58 bits per heavy atom. The van der Waals surface area contributed by atoms with E-state index in [1.807, 2.05) is 18.2 Å². The van der Waals surface area contributed by atoms with Crippen LogP contribution in [0.4, 0.5) is 11.4 Å². The van der Waals surface area contributed by atoms with Crippen LogP contribution < -0.4 is 10.6 Å².